The highest BCUT2D eigenvalue weighted by Gasteiger charge is 2.44. The number of hydrazine groups is 1. The van der Waals surface area contributed by atoms with Crippen LogP contribution in [-0.4, -0.2) is 98.4 Å². The summed E-state index contributed by atoms with van der Waals surface area (Å²) in [6, 6.07) is 25.3. The van der Waals surface area contributed by atoms with Crippen LogP contribution in [0.2, 0.25) is 0 Å². The SMILES string of the molecule is COC(=O)N[C@H](C(=O)N1CCC[C@@H]1N1C=C2C(c3ccc([C@@H]4CC[C@@H](c5ccc(-c6cnc([C@@H]7CCCN7C(=O)[C@@H](NC(=O)O)C(C)(C)C)[nH]6)cc5)N4c4ccc(C(C)(C)C)cc4)cc3)=CC=CC2N1)C(C)(C)C. The number of hydrogen-bond donors (Lipinski definition) is 5. The van der Waals surface area contributed by atoms with Crippen LogP contribution in [0.1, 0.15) is 147 Å². The molecule has 15 nitrogen and oxygen atoms in total. The highest BCUT2D eigenvalue weighted by atomic mass is 16.5. The first-order valence-electron chi connectivity index (χ1n) is 26.3. The van der Waals surface area contributed by atoms with Gasteiger partial charge in [0.1, 0.15) is 24.1 Å². The summed E-state index contributed by atoms with van der Waals surface area (Å²) >= 11 is 0. The molecule has 4 aliphatic heterocycles. The van der Waals surface area contributed by atoms with Gasteiger partial charge in [0.15, 0.2) is 0 Å². The smallest absolute Gasteiger partial charge is 0.407 e. The number of methoxy groups -OCH3 is 1. The summed E-state index contributed by atoms with van der Waals surface area (Å²) < 4.78 is 4.89. The van der Waals surface area contributed by atoms with Gasteiger partial charge in [-0.2, -0.15) is 0 Å². The molecule has 5 heterocycles. The minimum absolute atomic E-state index is 0.0221. The maximum Gasteiger partial charge on any atom is 0.407 e. The summed E-state index contributed by atoms with van der Waals surface area (Å²) in [5, 5.41) is 16.9. The molecule has 74 heavy (non-hydrogen) atoms. The van der Waals surface area contributed by atoms with E-state index in [0.29, 0.717) is 18.9 Å². The molecule has 5 aliphatic rings. The van der Waals surface area contributed by atoms with E-state index < -0.39 is 35.1 Å². The fraction of sp³-hybridized carbons (Fsp3) is 0.475. The van der Waals surface area contributed by atoms with Crippen molar-refractivity contribution >= 4 is 35.3 Å². The molecule has 0 saturated carbocycles. The lowest BCUT2D eigenvalue weighted by molar-refractivity contribution is -0.140. The predicted octanol–water partition coefficient (Wildman–Crippen LogP) is 10.5. The Labute approximate surface area is 436 Å². The Morgan fingerprint density at radius 2 is 1.30 bits per heavy atom. The molecule has 0 radical (unpaired) electrons. The molecular weight excluding hydrogens is 931 g/mol. The average molecular weight is 1010 g/mol. The first kappa shape index (κ1) is 52.0. The van der Waals surface area contributed by atoms with Crippen LogP contribution in [0.3, 0.4) is 0 Å². The second-order valence-electron chi connectivity index (χ2n) is 23.8. The molecule has 4 amide bonds. The van der Waals surface area contributed by atoms with Gasteiger partial charge in [0.25, 0.3) is 0 Å². The molecule has 1 aromatic heterocycles. The largest absolute Gasteiger partial charge is 0.465 e. The van der Waals surface area contributed by atoms with Gasteiger partial charge in [0.2, 0.25) is 11.8 Å². The molecule has 392 valence electrons. The lowest BCUT2D eigenvalue weighted by Crippen LogP contribution is -2.58. The van der Waals surface area contributed by atoms with Gasteiger partial charge >= 0.3 is 12.2 Å². The molecule has 1 unspecified atom stereocenters. The normalized spacial score (nSPS) is 22.8. The highest BCUT2D eigenvalue weighted by Crippen LogP contribution is 2.48. The summed E-state index contributed by atoms with van der Waals surface area (Å²) in [5.41, 5.74) is 12.8. The third kappa shape index (κ3) is 10.6. The molecule has 4 aromatic rings. The Balaban J connectivity index is 0.937. The van der Waals surface area contributed by atoms with Crippen LogP contribution in [0.25, 0.3) is 16.8 Å². The van der Waals surface area contributed by atoms with Gasteiger partial charge in [-0.1, -0.05) is 141 Å². The molecule has 5 N–H and O–H groups in total. The van der Waals surface area contributed by atoms with E-state index >= 15 is 0 Å². The van der Waals surface area contributed by atoms with Crippen molar-refractivity contribution < 1.29 is 29.0 Å². The van der Waals surface area contributed by atoms with Crippen molar-refractivity contribution in [1.29, 1.82) is 0 Å². The maximum atomic E-state index is 14.1. The number of ether oxygens (including phenoxy) is 1. The van der Waals surface area contributed by atoms with Crippen molar-refractivity contribution in [3.63, 3.8) is 0 Å². The molecule has 1 aliphatic carbocycles. The molecule has 3 fully saturated rings. The summed E-state index contributed by atoms with van der Waals surface area (Å²) in [7, 11) is 1.31. The maximum absolute atomic E-state index is 14.1. The van der Waals surface area contributed by atoms with Crippen molar-refractivity contribution in [2.45, 2.75) is 149 Å². The number of carbonyl (C=O) groups excluding carboxylic acids is 3. The number of allylic oxidation sites excluding steroid dienone is 2. The Morgan fingerprint density at radius 3 is 1.89 bits per heavy atom. The van der Waals surface area contributed by atoms with Crippen LogP contribution >= 0.6 is 0 Å². The van der Waals surface area contributed by atoms with E-state index in [4.69, 9.17) is 9.72 Å². The number of alkyl carbamates (subject to hydrolysis) is 1. The van der Waals surface area contributed by atoms with E-state index in [1.54, 1.807) is 4.90 Å². The minimum Gasteiger partial charge on any atom is -0.465 e. The number of rotatable bonds is 11. The zero-order valence-electron chi connectivity index (χ0n) is 44.7. The van der Waals surface area contributed by atoms with E-state index in [1.165, 1.54) is 29.5 Å². The predicted molar refractivity (Wildman–Crippen MR) is 288 cm³/mol. The van der Waals surface area contributed by atoms with E-state index in [2.05, 4.69) is 149 Å². The molecule has 3 saturated heterocycles. The van der Waals surface area contributed by atoms with Gasteiger partial charge in [0.05, 0.1) is 43.2 Å². The Kier molecular flexibility index (Phi) is 14.4. The number of carboxylic acid groups (broad SMARTS) is 1. The van der Waals surface area contributed by atoms with Crippen molar-refractivity contribution in [3.8, 4) is 11.3 Å². The van der Waals surface area contributed by atoms with Gasteiger partial charge in [-0.25, -0.2) is 20.0 Å². The Morgan fingerprint density at radius 1 is 0.716 bits per heavy atom. The molecular formula is C59H75N9O6. The van der Waals surface area contributed by atoms with Gasteiger partial charge in [-0.15, -0.1) is 0 Å². The number of nitrogens with zero attached hydrogens (tertiary/aromatic N) is 5. The van der Waals surface area contributed by atoms with Crippen molar-refractivity contribution in [1.82, 2.24) is 40.8 Å². The fourth-order valence-electron chi connectivity index (χ4n) is 11.6. The second kappa shape index (κ2) is 20.4. The number of imidazole rings is 1. The van der Waals surface area contributed by atoms with Crippen LogP contribution < -0.4 is 21.0 Å². The number of fused-ring (bicyclic) bond motifs is 1. The number of H-pyrrole nitrogens is 1. The van der Waals surface area contributed by atoms with E-state index in [0.717, 1.165) is 66.5 Å². The van der Waals surface area contributed by atoms with Crippen LogP contribution in [0.5, 0.6) is 0 Å². The number of hydrogen-bond acceptors (Lipinski definition) is 9. The Hall–Kier alpha value is -6.87. The number of aromatic nitrogens is 2. The summed E-state index contributed by atoms with van der Waals surface area (Å²) in [5.74, 6) is 0.348. The van der Waals surface area contributed by atoms with Gasteiger partial charge < -0.3 is 40.2 Å². The lowest BCUT2D eigenvalue weighted by atomic mass is 9.85. The van der Waals surface area contributed by atoms with E-state index in [1.807, 2.05) is 52.6 Å². The van der Waals surface area contributed by atoms with Crippen molar-refractivity contribution in [2.75, 3.05) is 25.1 Å². The van der Waals surface area contributed by atoms with Crippen LogP contribution in [0.15, 0.2) is 109 Å². The molecule has 0 spiro atoms. The first-order valence-corrected chi connectivity index (χ1v) is 26.3. The number of benzene rings is 3. The standard InChI is InChI=1S/C59H75N9O6/c1-57(2,3)40-26-28-41(29-27-40)68-46(30-31-47(68)39-24-20-37(21-25-39)45-34-60-52(61-45)48-16-12-32-65(48)53(69)50(58(4,5)6)62-55(71)72)38-22-18-36(19-23-38)42-14-11-15-44-43(42)35-67(64-44)49-17-13-33-66(49)54(70)51(59(7,8)9)63-56(73)74-10/h11,14-15,18-29,34-35,44,46-51,62,64H,12-13,16-17,30-33H2,1-10H3,(H,60,61)(H,63,73)(H,71,72)/t44?,46-,47-,48-,49-,50+,51+/m0/s1. The third-order valence-electron chi connectivity index (χ3n) is 15.6. The minimum atomic E-state index is -1.21. The molecule has 3 aromatic carbocycles. The van der Waals surface area contributed by atoms with Crippen LogP contribution in [0.4, 0.5) is 15.3 Å². The number of carbonyl (C=O) groups is 4. The summed E-state index contributed by atoms with van der Waals surface area (Å²) in [6.07, 6.45) is 13.5. The average Bonchev–Trinajstić information content (AvgIpc) is 4.23. The molecule has 15 heteroatoms. The quantitative estimate of drug-likeness (QED) is 0.0972. The number of likely N-dealkylation sites (tertiary alicyclic amines) is 2. The monoisotopic (exact) mass is 1010 g/mol. The first-order chi connectivity index (χ1) is 35.1. The number of aromatic amines is 1. The fourth-order valence-corrected chi connectivity index (χ4v) is 11.6. The summed E-state index contributed by atoms with van der Waals surface area (Å²) in [4.78, 5) is 66.5. The van der Waals surface area contributed by atoms with E-state index in [9.17, 15) is 24.3 Å². The third-order valence-corrected chi connectivity index (χ3v) is 15.6. The highest BCUT2D eigenvalue weighted by molar-refractivity contribution is 5.88. The van der Waals surface area contributed by atoms with Gasteiger partial charge in [-0.3, -0.25) is 14.6 Å². The molecule has 0 bridgehead atoms. The van der Waals surface area contributed by atoms with Crippen molar-refractivity contribution in [2.24, 2.45) is 10.8 Å². The topological polar surface area (TPSA) is 175 Å². The van der Waals surface area contributed by atoms with Crippen molar-refractivity contribution in [3.05, 3.63) is 137 Å². The zero-order chi connectivity index (χ0) is 52.9. The zero-order valence-corrected chi connectivity index (χ0v) is 44.7. The van der Waals surface area contributed by atoms with Gasteiger partial charge in [0, 0.05) is 25.0 Å². The number of amides is 4. The van der Waals surface area contributed by atoms with Gasteiger partial charge in [-0.05, 0) is 106 Å². The van der Waals surface area contributed by atoms with E-state index in [-0.39, 0.29) is 47.6 Å². The number of nitrogens with one attached hydrogen (secondary N) is 4. The van der Waals surface area contributed by atoms with Crippen LogP contribution in [0, 0.1) is 10.8 Å². The second-order valence-corrected chi connectivity index (χ2v) is 23.8. The molecule has 9 rings (SSSR count). The lowest BCUT2D eigenvalue weighted by Gasteiger charge is -2.38. The molecule has 7 atom stereocenters. The Bertz CT molecular complexity index is 2810. The number of anilines is 1. The summed E-state index contributed by atoms with van der Waals surface area (Å²) in [6.45, 7) is 19.3. The van der Waals surface area contributed by atoms with Crippen LogP contribution in [-0.2, 0) is 19.7 Å².